The summed E-state index contributed by atoms with van der Waals surface area (Å²) in [4.78, 5) is 14.0. The van der Waals surface area contributed by atoms with Crippen LogP contribution in [0.5, 0.6) is 5.75 Å². The number of hydrogen-bond donors (Lipinski definition) is 2. The maximum Gasteiger partial charge on any atom is 0.310 e. The van der Waals surface area contributed by atoms with Gasteiger partial charge in [-0.2, -0.15) is 5.26 Å². The molecule has 2 aromatic rings. The van der Waals surface area contributed by atoms with Crippen LogP contribution in [-0.2, 0) is 4.79 Å². The zero-order valence-corrected chi connectivity index (χ0v) is 19.6. The number of nitrogens with zero attached hydrogens (tertiary/aromatic N) is 2. The van der Waals surface area contributed by atoms with Gasteiger partial charge in [0.05, 0.1) is 23.7 Å². The molecule has 2 aliphatic carbocycles. The van der Waals surface area contributed by atoms with Crippen LogP contribution in [0.25, 0.3) is 0 Å². The number of rotatable bonds is 10. The summed E-state index contributed by atoms with van der Waals surface area (Å²) in [6, 6.07) is 20.7. The molecule has 0 amide bonds. The Morgan fingerprint density at radius 1 is 1.12 bits per heavy atom. The second-order valence-corrected chi connectivity index (χ2v) is 10.5. The highest BCUT2D eigenvalue weighted by atomic mass is 16.5. The zero-order chi connectivity index (χ0) is 23.6. The molecule has 2 aromatic carbocycles. The van der Waals surface area contributed by atoms with Crippen molar-refractivity contribution in [2.24, 2.45) is 10.8 Å². The number of ether oxygens (including phenoxy) is 1. The first-order valence-electron chi connectivity index (χ1n) is 12.4. The average molecular weight is 460 g/mol. The summed E-state index contributed by atoms with van der Waals surface area (Å²) in [7, 11) is 0. The number of nitrogens with one attached hydrogen (secondary N) is 1. The summed E-state index contributed by atoms with van der Waals surface area (Å²) < 4.78 is 6.24. The van der Waals surface area contributed by atoms with Gasteiger partial charge in [-0.05, 0) is 69.0 Å². The van der Waals surface area contributed by atoms with Gasteiger partial charge in [-0.15, -0.1) is 0 Å². The summed E-state index contributed by atoms with van der Waals surface area (Å²) >= 11 is 0. The zero-order valence-electron chi connectivity index (χ0n) is 19.6. The Hall–Kier alpha value is -2.88. The number of likely N-dealkylation sites (tertiary alicyclic amines) is 1. The topological polar surface area (TPSA) is 85.6 Å². The first-order chi connectivity index (χ1) is 16.5. The highest BCUT2D eigenvalue weighted by Crippen LogP contribution is 2.47. The van der Waals surface area contributed by atoms with Crippen molar-refractivity contribution >= 4 is 5.97 Å². The number of hydrogen-bond acceptors (Lipinski definition) is 5. The van der Waals surface area contributed by atoms with Crippen LogP contribution >= 0.6 is 0 Å². The predicted molar refractivity (Wildman–Crippen MR) is 130 cm³/mol. The van der Waals surface area contributed by atoms with Crippen LogP contribution in [0.1, 0.15) is 49.1 Å². The maximum atomic E-state index is 11.6. The smallest absolute Gasteiger partial charge is 0.310 e. The first kappa shape index (κ1) is 22.9. The van der Waals surface area contributed by atoms with Crippen molar-refractivity contribution in [3.05, 3.63) is 65.7 Å². The number of aliphatic carboxylic acids is 1. The van der Waals surface area contributed by atoms with E-state index in [1.54, 1.807) is 12.1 Å². The Balaban J connectivity index is 1.22. The van der Waals surface area contributed by atoms with Crippen LogP contribution < -0.4 is 10.1 Å². The molecule has 1 heterocycles. The van der Waals surface area contributed by atoms with Crippen LogP contribution in [0.2, 0.25) is 0 Å². The van der Waals surface area contributed by atoms with E-state index in [0.717, 1.165) is 51.1 Å². The first-order valence-corrected chi connectivity index (χ1v) is 12.4. The third kappa shape index (κ3) is 5.11. The number of carboxylic acids is 1. The van der Waals surface area contributed by atoms with Crippen molar-refractivity contribution in [3.63, 3.8) is 0 Å². The molecule has 34 heavy (non-hydrogen) atoms. The van der Waals surface area contributed by atoms with Crippen LogP contribution in [-0.4, -0.2) is 54.8 Å². The largest absolute Gasteiger partial charge is 0.493 e. The fraction of sp³-hybridized carbons (Fsp3) is 0.500. The minimum absolute atomic E-state index is 0.0110. The van der Waals surface area contributed by atoms with Gasteiger partial charge in [0.25, 0.3) is 0 Å². The highest BCUT2D eigenvalue weighted by molar-refractivity contribution is 5.78. The Morgan fingerprint density at radius 2 is 1.88 bits per heavy atom. The van der Waals surface area contributed by atoms with Gasteiger partial charge in [-0.3, -0.25) is 4.79 Å². The number of carbonyl (C=O) groups is 1. The fourth-order valence-electron chi connectivity index (χ4n) is 5.30. The molecule has 0 aromatic heterocycles. The van der Waals surface area contributed by atoms with Gasteiger partial charge >= 0.3 is 5.97 Å². The molecule has 0 radical (unpaired) electrons. The van der Waals surface area contributed by atoms with Gasteiger partial charge in [0.2, 0.25) is 0 Å². The quantitative estimate of drug-likeness (QED) is 0.558. The third-order valence-corrected chi connectivity index (χ3v) is 8.02. The lowest BCUT2D eigenvalue weighted by Crippen LogP contribution is -2.50. The van der Waals surface area contributed by atoms with Gasteiger partial charge < -0.3 is 20.1 Å². The average Bonchev–Trinajstić information content (AvgIpc) is 3.80. The molecule has 0 bridgehead atoms. The lowest BCUT2D eigenvalue weighted by atomic mass is 9.78. The molecule has 1 unspecified atom stereocenters. The van der Waals surface area contributed by atoms with E-state index in [1.165, 1.54) is 12.0 Å². The van der Waals surface area contributed by atoms with Crippen LogP contribution in [0.15, 0.2) is 54.6 Å². The molecular formula is C28H33N3O3. The van der Waals surface area contributed by atoms with Gasteiger partial charge in [-0.25, -0.2) is 0 Å². The molecule has 6 heteroatoms. The van der Waals surface area contributed by atoms with E-state index in [4.69, 9.17) is 4.74 Å². The van der Waals surface area contributed by atoms with Crippen molar-refractivity contribution in [1.82, 2.24) is 10.2 Å². The normalized spacial score (nSPS) is 24.7. The van der Waals surface area contributed by atoms with E-state index in [0.29, 0.717) is 30.7 Å². The number of piperidine rings is 1. The van der Waals surface area contributed by atoms with E-state index < -0.39 is 11.4 Å². The van der Waals surface area contributed by atoms with Gasteiger partial charge in [-0.1, -0.05) is 36.4 Å². The van der Waals surface area contributed by atoms with E-state index in [9.17, 15) is 15.2 Å². The second-order valence-electron chi connectivity index (χ2n) is 10.5. The fourth-order valence-corrected chi connectivity index (χ4v) is 5.30. The summed E-state index contributed by atoms with van der Waals surface area (Å²) in [5.74, 6) is 0.668. The minimum atomic E-state index is -0.646. The Morgan fingerprint density at radius 3 is 2.56 bits per heavy atom. The molecular weight excluding hydrogens is 426 g/mol. The van der Waals surface area contributed by atoms with E-state index >= 15 is 0 Å². The lowest BCUT2D eigenvalue weighted by Gasteiger charge is -2.42. The second kappa shape index (κ2) is 9.40. The van der Waals surface area contributed by atoms with Crippen molar-refractivity contribution < 1.29 is 14.6 Å². The molecule has 3 aliphatic rings. The molecule has 2 atom stereocenters. The molecule has 2 N–H and O–H groups in total. The predicted octanol–water partition coefficient (Wildman–Crippen LogP) is 4.03. The Labute approximate surface area is 201 Å². The number of carboxylic acid groups (broad SMARTS) is 1. The van der Waals surface area contributed by atoms with E-state index in [2.05, 4.69) is 46.6 Å². The molecule has 1 aliphatic heterocycles. The van der Waals surface area contributed by atoms with Gasteiger partial charge in [0.15, 0.2) is 0 Å². The summed E-state index contributed by atoms with van der Waals surface area (Å²) in [5, 5.41) is 22.6. The molecule has 0 spiro atoms. The Kier molecular flexibility index (Phi) is 6.33. The molecule has 1 saturated heterocycles. The molecule has 3 fully saturated rings. The SMILES string of the molecule is N#Cc1cccc(OCC2(CN[C@@H]3CC3c3ccccc3)CCN(CC3(C(=O)O)CC3)CC2)c1. The third-order valence-electron chi connectivity index (χ3n) is 8.02. The molecule has 178 valence electrons. The number of nitriles is 1. The van der Waals surface area contributed by atoms with Crippen molar-refractivity contribution in [2.75, 3.05) is 32.8 Å². The maximum absolute atomic E-state index is 11.6. The standard InChI is InChI=1S/C28H33N3O3/c29-17-21-5-4-8-23(15-21)34-20-27(18-30-25-16-24(25)22-6-2-1-3-7-22)11-13-31(14-12-27)19-28(9-10-28)26(32)33/h1-8,15,24-25,30H,9-14,16,18-20H2,(H,32,33)/t24?,25-/m1/s1. The molecule has 5 rings (SSSR count). The van der Waals surface area contributed by atoms with Crippen molar-refractivity contribution in [2.45, 2.75) is 44.1 Å². The molecule has 6 nitrogen and oxygen atoms in total. The minimum Gasteiger partial charge on any atom is -0.493 e. The van der Waals surface area contributed by atoms with Crippen molar-refractivity contribution in [1.29, 1.82) is 5.26 Å². The van der Waals surface area contributed by atoms with Gasteiger partial charge in [0, 0.05) is 30.5 Å². The van der Waals surface area contributed by atoms with Crippen LogP contribution in [0.4, 0.5) is 0 Å². The van der Waals surface area contributed by atoms with Crippen molar-refractivity contribution in [3.8, 4) is 11.8 Å². The lowest BCUT2D eigenvalue weighted by molar-refractivity contribution is -0.144. The summed E-state index contributed by atoms with van der Waals surface area (Å²) in [5.41, 5.74) is 1.48. The monoisotopic (exact) mass is 459 g/mol. The number of benzene rings is 2. The van der Waals surface area contributed by atoms with Crippen LogP contribution in [0.3, 0.4) is 0 Å². The highest BCUT2D eigenvalue weighted by Gasteiger charge is 2.52. The summed E-state index contributed by atoms with van der Waals surface area (Å²) in [6.45, 7) is 3.93. The Bertz CT molecular complexity index is 1050. The van der Waals surface area contributed by atoms with Gasteiger partial charge in [0.1, 0.15) is 5.75 Å². The van der Waals surface area contributed by atoms with E-state index in [-0.39, 0.29) is 5.41 Å². The van der Waals surface area contributed by atoms with Crippen LogP contribution in [0, 0.1) is 22.2 Å². The molecule has 2 saturated carbocycles. The summed E-state index contributed by atoms with van der Waals surface area (Å²) in [6.07, 6.45) is 4.70. The van der Waals surface area contributed by atoms with E-state index in [1.807, 2.05) is 12.1 Å².